The molecular weight excluding hydrogens is 346 g/mol. The van der Waals surface area contributed by atoms with Gasteiger partial charge < -0.3 is 5.32 Å². The van der Waals surface area contributed by atoms with Gasteiger partial charge in [-0.15, -0.1) is 0 Å². The van der Waals surface area contributed by atoms with E-state index in [9.17, 15) is 4.79 Å². The minimum atomic E-state index is -0.159. The van der Waals surface area contributed by atoms with E-state index >= 15 is 0 Å². The number of nitrogens with zero attached hydrogens (tertiary/aromatic N) is 4. The molecular formula is C19H23N5OS. The van der Waals surface area contributed by atoms with Crippen LogP contribution in [0.3, 0.4) is 0 Å². The third-order valence-electron chi connectivity index (χ3n) is 3.83. The number of anilines is 1. The summed E-state index contributed by atoms with van der Waals surface area (Å²) in [6.45, 7) is 5.48. The van der Waals surface area contributed by atoms with E-state index in [-0.39, 0.29) is 5.56 Å². The third-order valence-corrected chi connectivity index (χ3v) is 4.89. The van der Waals surface area contributed by atoms with E-state index in [1.54, 1.807) is 16.3 Å². The van der Waals surface area contributed by atoms with Crippen LogP contribution in [-0.4, -0.2) is 31.8 Å². The number of benzene rings is 1. The smallest absolute Gasteiger partial charge is 0.270 e. The maximum absolute atomic E-state index is 12.5. The van der Waals surface area contributed by atoms with Gasteiger partial charge >= 0.3 is 0 Å². The van der Waals surface area contributed by atoms with Crippen molar-refractivity contribution in [1.29, 1.82) is 0 Å². The summed E-state index contributed by atoms with van der Waals surface area (Å²) in [5.74, 6) is 1.62. The summed E-state index contributed by atoms with van der Waals surface area (Å²) in [5.41, 5.74) is 2.10. The molecule has 6 nitrogen and oxygen atoms in total. The van der Waals surface area contributed by atoms with Gasteiger partial charge in [0.05, 0.1) is 12.7 Å². The van der Waals surface area contributed by atoms with Gasteiger partial charge in [0.25, 0.3) is 5.56 Å². The van der Waals surface area contributed by atoms with Crippen molar-refractivity contribution in [2.45, 2.75) is 38.4 Å². The van der Waals surface area contributed by atoms with Gasteiger partial charge in [-0.3, -0.25) is 9.36 Å². The molecule has 0 spiro atoms. The van der Waals surface area contributed by atoms with Gasteiger partial charge in [0.2, 0.25) is 0 Å². The lowest BCUT2D eigenvalue weighted by atomic mass is 10.2. The summed E-state index contributed by atoms with van der Waals surface area (Å²) in [7, 11) is 0. The first-order valence-electron chi connectivity index (χ1n) is 8.91. The van der Waals surface area contributed by atoms with Gasteiger partial charge in [0, 0.05) is 12.3 Å². The van der Waals surface area contributed by atoms with Crippen LogP contribution in [0.4, 0.5) is 5.82 Å². The second-order valence-corrected chi connectivity index (χ2v) is 7.03. The maximum atomic E-state index is 12.5. The summed E-state index contributed by atoms with van der Waals surface area (Å²) >= 11 is 1.60. The first-order valence-corrected chi connectivity index (χ1v) is 9.89. The molecule has 0 aliphatic heterocycles. The molecule has 2 heterocycles. The minimum absolute atomic E-state index is 0.159. The van der Waals surface area contributed by atoms with Crippen molar-refractivity contribution in [2.75, 3.05) is 17.6 Å². The zero-order valence-corrected chi connectivity index (χ0v) is 15.9. The second kappa shape index (κ2) is 8.80. The molecule has 0 atom stereocenters. The number of nitrogens with one attached hydrogen (secondary N) is 1. The van der Waals surface area contributed by atoms with Crippen LogP contribution in [0.2, 0.25) is 0 Å². The molecule has 136 valence electrons. The first kappa shape index (κ1) is 18.4. The highest BCUT2D eigenvalue weighted by atomic mass is 32.2. The highest BCUT2D eigenvalue weighted by Crippen LogP contribution is 2.23. The van der Waals surface area contributed by atoms with Crippen molar-refractivity contribution in [1.82, 2.24) is 19.5 Å². The van der Waals surface area contributed by atoms with Gasteiger partial charge in [0.15, 0.2) is 16.6 Å². The molecule has 0 bridgehead atoms. The zero-order chi connectivity index (χ0) is 18.4. The van der Waals surface area contributed by atoms with Gasteiger partial charge in [-0.25, -0.2) is 15.0 Å². The van der Waals surface area contributed by atoms with E-state index in [2.05, 4.69) is 34.1 Å². The summed E-state index contributed by atoms with van der Waals surface area (Å²) in [5, 5.41) is 4.00. The van der Waals surface area contributed by atoms with Crippen molar-refractivity contribution in [3.63, 3.8) is 0 Å². The van der Waals surface area contributed by atoms with Crippen LogP contribution in [-0.2, 0) is 6.54 Å². The molecule has 0 unspecified atom stereocenters. The molecule has 0 fully saturated rings. The molecule has 3 rings (SSSR count). The van der Waals surface area contributed by atoms with E-state index in [1.807, 2.05) is 30.3 Å². The van der Waals surface area contributed by atoms with Crippen LogP contribution in [0, 0.1) is 0 Å². The Balaban J connectivity index is 2.13. The standard InChI is InChI=1S/C19H23N5OS/c1-3-10-20-17-16-18(23-19(22-17)26-11-4-2)24(15(25)12-21-16)13-14-8-6-5-7-9-14/h5-9,12H,3-4,10-11,13H2,1-2H3,(H,20,22,23). The molecule has 26 heavy (non-hydrogen) atoms. The largest absolute Gasteiger partial charge is 0.368 e. The lowest BCUT2D eigenvalue weighted by Gasteiger charge is -2.13. The quantitative estimate of drug-likeness (QED) is 0.483. The Morgan fingerprint density at radius 2 is 1.92 bits per heavy atom. The Kier molecular flexibility index (Phi) is 6.22. The third kappa shape index (κ3) is 4.22. The van der Waals surface area contributed by atoms with Gasteiger partial charge in [0.1, 0.15) is 5.52 Å². The van der Waals surface area contributed by atoms with Crippen LogP contribution < -0.4 is 10.9 Å². The van der Waals surface area contributed by atoms with Gasteiger partial charge in [-0.05, 0) is 18.4 Å². The van der Waals surface area contributed by atoms with Crippen LogP contribution in [0.5, 0.6) is 0 Å². The molecule has 0 radical (unpaired) electrons. The van der Waals surface area contributed by atoms with Crippen LogP contribution in [0.1, 0.15) is 32.3 Å². The fraction of sp³-hybridized carbons (Fsp3) is 0.368. The van der Waals surface area contributed by atoms with Crippen molar-refractivity contribution in [3.8, 4) is 0 Å². The first-order chi connectivity index (χ1) is 12.7. The highest BCUT2D eigenvalue weighted by molar-refractivity contribution is 7.99. The monoisotopic (exact) mass is 369 g/mol. The summed E-state index contributed by atoms with van der Waals surface area (Å²) < 4.78 is 1.67. The van der Waals surface area contributed by atoms with Gasteiger partial charge in [-0.2, -0.15) is 0 Å². The SMILES string of the molecule is CCCNc1nc(SCCC)nc2c1ncc(=O)n2Cc1ccccc1. The Labute approximate surface area is 157 Å². The topological polar surface area (TPSA) is 72.7 Å². The molecule has 2 aromatic heterocycles. The normalized spacial score (nSPS) is 11.0. The van der Waals surface area contributed by atoms with Crippen LogP contribution in [0.15, 0.2) is 46.5 Å². The number of thioether (sulfide) groups is 1. The van der Waals surface area contributed by atoms with E-state index in [4.69, 9.17) is 0 Å². The van der Waals surface area contributed by atoms with Crippen LogP contribution in [0.25, 0.3) is 11.2 Å². The highest BCUT2D eigenvalue weighted by Gasteiger charge is 2.14. The zero-order valence-electron chi connectivity index (χ0n) is 15.1. The summed E-state index contributed by atoms with van der Waals surface area (Å²) in [4.78, 5) is 26.1. The Hall–Kier alpha value is -2.41. The molecule has 0 saturated heterocycles. The predicted octanol–water partition coefficient (Wildman–Crippen LogP) is 3.56. The van der Waals surface area contributed by atoms with Crippen molar-refractivity contribution < 1.29 is 0 Å². The fourth-order valence-electron chi connectivity index (χ4n) is 2.57. The second-order valence-electron chi connectivity index (χ2n) is 5.97. The number of hydrogen-bond donors (Lipinski definition) is 1. The number of rotatable bonds is 8. The van der Waals surface area contributed by atoms with E-state index in [0.29, 0.717) is 28.7 Å². The predicted molar refractivity (Wildman–Crippen MR) is 107 cm³/mol. The maximum Gasteiger partial charge on any atom is 0.270 e. The summed E-state index contributed by atoms with van der Waals surface area (Å²) in [6.07, 6.45) is 3.37. The Bertz CT molecular complexity index is 926. The van der Waals surface area contributed by atoms with Crippen molar-refractivity contribution in [2.24, 2.45) is 0 Å². The van der Waals surface area contributed by atoms with Gasteiger partial charge in [-0.1, -0.05) is 55.9 Å². The van der Waals surface area contributed by atoms with Crippen LogP contribution >= 0.6 is 11.8 Å². The number of aromatic nitrogens is 4. The molecule has 0 aliphatic carbocycles. The average Bonchev–Trinajstić information content (AvgIpc) is 2.67. The Morgan fingerprint density at radius 1 is 1.12 bits per heavy atom. The minimum Gasteiger partial charge on any atom is -0.368 e. The lowest BCUT2D eigenvalue weighted by Crippen LogP contribution is -2.23. The number of hydrogen-bond acceptors (Lipinski definition) is 6. The molecule has 3 aromatic rings. The molecule has 0 aliphatic rings. The lowest BCUT2D eigenvalue weighted by molar-refractivity contribution is 0.763. The summed E-state index contributed by atoms with van der Waals surface area (Å²) in [6, 6.07) is 9.90. The van der Waals surface area contributed by atoms with E-state index in [0.717, 1.165) is 30.7 Å². The molecule has 0 saturated carbocycles. The number of fused-ring (bicyclic) bond motifs is 1. The van der Waals surface area contributed by atoms with E-state index < -0.39 is 0 Å². The molecule has 1 aromatic carbocycles. The molecule has 0 amide bonds. The van der Waals surface area contributed by atoms with Crippen molar-refractivity contribution in [3.05, 3.63) is 52.4 Å². The molecule has 1 N–H and O–H groups in total. The Morgan fingerprint density at radius 3 is 2.65 bits per heavy atom. The van der Waals surface area contributed by atoms with E-state index in [1.165, 1.54) is 6.20 Å². The van der Waals surface area contributed by atoms with Crippen molar-refractivity contribution >= 4 is 28.7 Å². The fourth-order valence-corrected chi connectivity index (χ4v) is 3.26. The molecule has 7 heteroatoms. The average molecular weight is 369 g/mol.